The van der Waals surface area contributed by atoms with E-state index in [1.165, 1.54) is 13.0 Å². The van der Waals surface area contributed by atoms with E-state index in [-0.39, 0.29) is 17.5 Å². The molecule has 1 amide bonds. The van der Waals surface area contributed by atoms with E-state index in [0.717, 1.165) is 15.2 Å². The number of amides is 1. The quantitative estimate of drug-likeness (QED) is 0.572. The number of hydrogen-bond donors (Lipinski definition) is 1. The molecule has 31 heavy (non-hydrogen) atoms. The predicted molar refractivity (Wildman–Crippen MR) is 121 cm³/mol. The molecule has 1 aromatic heterocycles. The number of nitrogens with one attached hydrogen (secondary N) is 1. The smallest absolute Gasteiger partial charge is 0.234 e. The van der Waals surface area contributed by atoms with Gasteiger partial charge in [-0.05, 0) is 37.3 Å². The van der Waals surface area contributed by atoms with Gasteiger partial charge in [0.05, 0.1) is 27.5 Å². The zero-order valence-electron chi connectivity index (χ0n) is 17.4. The number of para-hydroxylation sites is 1. The Bertz CT molecular complexity index is 1060. The van der Waals surface area contributed by atoms with Crippen LogP contribution in [-0.2, 0) is 11.2 Å². The Kier molecular flexibility index (Phi) is 6.58. The number of carbonyl (C=O) groups is 2. The predicted octanol–water partition coefficient (Wildman–Crippen LogP) is 3.12. The van der Waals surface area contributed by atoms with Gasteiger partial charge in [-0.3, -0.25) is 14.5 Å². The Labute approximate surface area is 184 Å². The monoisotopic (exact) mass is 440 g/mol. The average molecular weight is 441 g/mol. The molecule has 0 spiro atoms. The number of thiazole rings is 1. The van der Waals surface area contributed by atoms with Crippen LogP contribution >= 0.6 is 11.3 Å². The molecule has 6 nitrogen and oxygen atoms in total. The first-order valence-corrected chi connectivity index (χ1v) is 11.2. The Hall–Kier alpha value is -2.84. The van der Waals surface area contributed by atoms with E-state index in [0.29, 0.717) is 56.9 Å². The third-order valence-corrected chi connectivity index (χ3v) is 6.53. The summed E-state index contributed by atoms with van der Waals surface area (Å²) in [4.78, 5) is 32.3. The Morgan fingerprint density at radius 1 is 1.13 bits per heavy atom. The van der Waals surface area contributed by atoms with Crippen molar-refractivity contribution in [1.82, 2.24) is 15.2 Å². The molecule has 0 radical (unpaired) electrons. The molecule has 8 heteroatoms. The summed E-state index contributed by atoms with van der Waals surface area (Å²) in [7, 11) is 0. The summed E-state index contributed by atoms with van der Waals surface area (Å²) in [5.74, 6) is -0.537. The molecule has 1 N–H and O–H groups in total. The number of piperazine rings is 1. The third-order valence-electron chi connectivity index (χ3n) is 5.43. The van der Waals surface area contributed by atoms with Crippen LogP contribution in [0.4, 0.5) is 10.1 Å². The minimum absolute atomic E-state index is 0.00782. The third kappa shape index (κ3) is 5.26. The van der Waals surface area contributed by atoms with Crippen molar-refractivity contribution in [2.75, 3.05) is 44.2 Å². The SMILES string of the molecule is CC(=O)c1ccc(N2CCN(CC(=O)NCCc3nc4ccccc4s3)CC2)c(F)c1. The lowest BCUT2D eigenvalue weighted by Crippen LogP contribution is -2.49. The van der Waals surface area contributed by atoms with Crippen molar-refractivity contribution in [2.24, 2.45) is 0 Å². The molecule has 0 bridgehead atoms. The van der Waals surface area contributed by atoms with Gasteiger partial charge in [0, 0.05) is 44.7 Å². The van der Waals surface area contributed by atoms with Crippen molar-refractivity contribution in [3.8, 4) is 0 Å². The van der Waals surface area contributed by atoms with Crippen LogP contribution in [0.5, 0.6) is 0 Å². The molecule has 162 valence electrons. The summed E-state index contributed by atoms with van der Waals surface area (Å²) in [5.41, 5.74) is 1.88. The van der Waals surface area contributed by atoms with E-state index in [1.807, 2.05) is 23.1 Å². The molecule has 2 aromatic carbocycles. The molecule has 0 atom stereocenters. The molecule has 0 aliphatic carbocycles. The minimum Gasteiger partial charge on any atom is -0.367 e. The van der Waals surface area contributed by atoms with Crippen molar-refractivity contribution in [3.05, 3.63) is 58.9 Å². The number of fused-ring (bicyclic) bond motifs is 1. The second-order valence-corrected chi connectivity index (χ2v) is 8.78. The number of ketones is 1. The zero-order chi connectivity index (χ0) is 21.8. The summed E-state index contributed by atoms with van der Waals surface area (Å²) >= 11 is 1.66. The van der Waals surface area contributed by atoms with Gasteiger partial charge in [-0.15, -0.1) is 11.3 Å². The lowest BCUT2D eigenvalue weighted by atomic mass is 10.1. The summed E-state index contributed by atoms with van der Waals surface area (Å²) in [5, 5.41) is 3.99. The van der Waals surface area contributed by atoms with Crippen molar-refractivity contribution >= 4 is 38.9 Å². The Morgan fingerprint density at radius 2 is 1.90 bits per heavy atom. The Balaban J connectivity index is 1.21. The van der Waals surface area contributed by atoms with E-state index in [9.17, 15) is 14.0 Å². The van der Waals surface area contributed by atoms with Crippen LogP contribution in [0.3, 0.4) is 0 Å². The first-order chi connectivity index (χ1) is 15.0. The molecule has 3 aromatic rings. The van der Waals surface area contributed by atoms with Gasteiger partial charge in [0.25, 0.3) is 0 Å². The lowest BCUT2D eigenvalue weighted by Gasteiger charge is -2.35. The number of rotatable bonds is 7. The van der Waals surface area contributed by atoms with Crippen LogP contribution in [0.2, 0.25) is 0 Å². The van der Waals surface area contributed by atoms with Crippen LogP contribution in [0.1, 0.15) is 22.3 Å². The Morgan fingerprint density at radius 3 is 2.61 bits per heavy atom. The number of hydrogen-bond acceptors (Lipinski definition) is 6. The number of aromatic nitrogens is 1. The maximum absolute atomic E-state index is 14.4. The van der Waals surface area contributed by atoms with E-state index in [2.05, 4.69) is 21.3 Å². The van der Waals surface area contributed by atoms with Crippen molar-refractivity contribution < 1.29 is 14.0 Å². The van der Waals surface area contributed by atoms with E-state index >= 15 is 0 Å². The van der Waals surface area contributed by atoms with Crippen molar-refractivity contribution in [3.63, 3.8) is 0 Å². The minimum atomic E-state index is -0.381. The molecule has 1 fully saturated rings. The molecule has 4 rings (SSSR count). The highest BCUT2D eigenvalue weighted by atomic mass is 32.1. The van der Waals surface area contributed by atoms with E-state index in [1.54, 1.807) is 23.5 Å². The summed E-state index contributed by atoms with van der Waals surface area (Å²) < 4.78 is 15.5. The fraction of sp³-hybridized carbons (Fsp3) is 0.348. The fourth-order valence-corrected chi connectivity index (χ4v) is 4.69. The molecular formula is C23H25FN4O2S. The molecule has 1 saturated heterocycles. The molecule has 0 unspecified atom stereocenters. The van der Waals surface area contributed by atoms with Gasteiger partial charge in [-0.2, -0.15) is 0 Å². The van der Waals surface area contributed by atoms with E-state index in [4.69, 9.17) is 0 Å². The fourth-order valence-electron chi connectivity index (χ4n) is 3.72. The van der Waals surface area contributed by atoms with Crippen LogP contribution in [0, 0.1) is 5.82 Å². The summed E-state index contributed by atoms with van der Waals surface area (Å²) in [6.45, 7) is 4.95. The number of halogens is 1. The number of benzene rings is 2. The van der Waals surface area contributed by atoms with E-state index < -0.39 is 0 Å². The highest BCUT2D eigenvalue weighted by Crippen LogP contribution is 2.23. The highest BCUT2D eigenvalue weighted by molar-refractivity contribution is 7.18. The second-order valence-electron chi connectivity index (χ2n) is 7.66. The average Bonchev–Trinajstić information content (AvgIpc) is 3.17. The first-order valence-electron chi connectivity index (χ1n) is 10.4. The van der Waals surface area contributed by atoms with Gasteiger partial charge >= 0.3 is 0 Å². The molecular weight excluding hydrogens is 415 g/mol. The molecule has 0 saturated carbocycles. The normalized spacial score (nSPS) is 14.7. The summed E-state index contributed by atoms with van der Waals surface area (Å²) in [6.07, 6.45) is 0.717. The number of anilines is 1. The summed E-state index contributed by atoms with van der Waals surface area (Å²) in [6, 6.07) is 12.6. The van der Waals surface area contributed by atoms with Gasteiger partial charge in [0.2, 0.25) is 5.91 Å². The van der Waals surface area contributed by atoms with Crippen LogP contribution in [0.25, 0.3) is 10.2 Å². The van der Waals surface area contributed by atoms with Gasteiger partial charge < -0.3 is 10.2 Å². The van der Waals surface area contributed by atoms with Crippen LogP contribution in [-0.4, -0.2) is 60.8 Å². The highest BCUT2D eigenvalue weighted by Gasteiger charge is 2.21. The molecule has 1 aliphatic rings. The van der Waals surface area contributed by atoms with Gasteiger partial charge in [0.1, 0.15) is 5.82 Å². The zero-order valence-corrected chi connectivity index (χ0v) is 18.3. The largest absolute Gasteiger partial charge is 0.367 e. The molecule has 2 heterocycles. The maximum Gasteiger partial charge on any atom is 0.234 e. The van der Waals surface area contributed by atoms with Crippen LogP contribution < -0.4 is 10.2 Å². The molecule has 1 aliphatic heterocycles. The number of carbonyl (C=O) groups excluding carboxylic acids is 2. The van der Waals surface area contributed by atoms with Gasteiger partial charge in [-0.25, -0.2) is 9.37 Å². The topological polar surface area (TPSA) is 65.5 Å². The van der Waals surface area contributed by atoms with Crippen molar-refractivity contribution in [2.45, 2.75) is 13.3 Å². The maximum atomic E-state index is 14.4. The number of Topliss-reactive ketones (excluding diaryl/α,β-unsaturated/α-hetero) is 1. The van der Waals surface area contributed by atoms with Gasteiger partial charge in [-0.1, -0.05) is 12.1 Å². The standard InChI is InChI=1S/C23H25FN4O2S/c1-16(29)17-6-7-20(18(24)14-17)28-12-10-27(11-13-28)15-22(30)25-9-8-23-26-19-4-2-3-5-21(19)31-23/h2-7,14H,8-13,15H2,1H3,(H,25,30). The second kappa shape index (κ2) is 9.53. The number of nitrogens with zero attached hydrogens (tertiary/aromatic N) is 3. The van der Waals surface area contributed by atoms with Crippen molar-refractivity contribution in [1.29, 1.82) is 0 Å². The van der Waals surface area contributed by atoms with Gasteiger partial charge in [0.15, 0.2) is 5.78 Å². The lowest BCUT2D eigenvalue weighted by molar-refractivity contribution is -0.122. The first kappa shape index (κ1) is 21.4. The van der Waals surface area contributed by atoms with Crippen LogP contribution in [0.15, 0.2) is 42.5 Å².